The molecule has 96 valence electrons. The summed E-state index contributed by atoms with van der Waals surface area (Å²) in [7, 11) is -2.95. The van der Waals surface area contributed by atoms with Crippen molar-refractivity contribution in [3.63, 3.8) is 0 Å². The Morgan fingerprint density at radius 1 is 1.31 bits per heavy atom. The van der Waals surface area contributed by atoms with Gasteiger partial charge in [-0.2, -0.15) is 0 Å². The van der Waals surface area contributed by atoms with Gasteiger partial charge in [-0.25, -0.2) is 8.42 Å². The number of nitrogens with one attached hydrogen (secondary N) is 1. The second kappa shape index (κ2) is 5.05. The van der Waals surface area contributed by atoms with Crippen LogP contribution in [-0.2, 0) is 9.84 Å². The van der Waals surface area contributed by atoms with Gasteiger partial charge in [0, 0.05) is 6.04 Å². The van der Waals surface area contributed by atoms with E-state index in [4.69, 9.17) is 0 Å². The third-order valence-electron chi connectivity index (χ3n) is 3.43. The molecule has 1 rings (SSSR count). The fraction of sp³-hybridized carbons (Fsp3) is 1.00. The van der Waals surface area contributed by atoms with E-state index in [0.29, 0.717) is 11.8 Å². The molecule has 0 bridgehead atoms. The number of hydrogen-bond acceptors (Lipinski definition) is 3. The lowest BCUT2D eigenvalue weighted by Gasteiger charge is -2.29. The van der Waals surface area contributed by atoms with E-state index < -0.39 is 14.6 Å². The lowest BCUT2D eigenvalue weighted by atomic mass is 9.93. The van der Waals surface area contributed by atoms with E-state index in [1.54, 1.807) is 20.8 Å². The summed E-state index contributed by atoms with van der Waals surface area (Å²) in [5, 5.41) is 3.41. The van der Waals surface area contributed by atoms with Crippen molar-refractivity contribution in [2.45, 2.75) is 57.7 Å². The summed E-state index contributed by atoms with van der Waals surface area (Å²) in [6.07, 6.45) is 3.08. The van der Waals surface area contributed by atoms with E-state index >= 15 is 0 Å². The van der Waals surface area contributed by atoms with Crippen molar-refractivity contribution in [2.75, 3.05) is 12.3 Å². The molecule has 0 radical (unpaired) electrons. The van der Waals surface area contributed by atoms with Crippen LogP contribution < -0.4 is 5.32 Å². The van der Waals surface area contributed by atoms with Crippen LogP contribution in [0.25, 0.3) is 0 Å². The zero-order valence-electron chi connectivity index (χ0n) is 10.9. The van der Waals surface area contributed by atoms with E-state index in [1.807, 2.05) is 0 Å². The van der Waals surface area contributed by atoms with Crippen LogP contribution in [0.2, 0.25) is 0 Å². The minimum Gasteiger partial charge on any atom is -0.314 e. The van der Waals surface area contributed by atoms with Crippen molar-refractivity contribution in [1.82, 2.24) is 5.32 Å². The third kappa shape index (κ3) is 3.74. The van der Waals surface area contributed by atoms with Crippen LogP contribution in [0.4, 0.5) is 0 Å². The van der Waals surface area contributed by atoms with E-state index in [-0.39, 0.29) is 0 Å². The largest absolute Gasteiger partial charge is 0.314 e. The van der Waals surface area contributed by atoms with E-state index in [2.05, 4.69) is 12.2 Å². The molecule has 0 aromatic carbocycles. The standard InChI is InChI=1S/C12H25NO2S/c1-10-5-7-13-11(9-10)6-8-16(14,15)12(2,3)4/h10-11,13H,5-9H2,1-4H3. The molecule has 2 unspecified atom stereocenters. The first-order valence-corrected chi connectivity index (χ1v) is 7.83. The van der Waals surface area contributed by atoms with Gasteiger partial charge in [0.15, 0.2) is 9.84 Å². The summed E-state index contributed by atoms with van der Waals surface area (Å²) < 4.78 is 23.3. The summed E-state index contributed by atoms with van der Waals surface area (Å²) >= 11 is 0. The van der Waals surface area contributed by atoms with Crippen LogP contribution in [0, 0.1) is 5.92 Å². The maximum Gasteiger partial charge on any atom is 0.155 e. The van der Waals surface area contributed by atoms with Crippen LogP contribution in [0.5, 0.6) is 0 Å². The van der Waals surface area contributed by atoms with Gasteiger partial charge in [0.2, 0.25) is 0 Å². The van der Waals surface area contributed by atoms with Gasteiger partial charge in [-0.15, -0.1) is 0 Å². The van der Waals surface area contributed by atoms with Gasteiger partial charge in [-0.3, -0.25) is 0 Å². The normalized spacial score (nSPS) is 28.0. The number of piperidine rings is 1. The predicted molar refractivity (Wildman–Crippen MR) is 68.3 cm³/mol. The predicted octanol–water partition coefficient (Wildman–Crippen LogP) is 1.98. The molecule has 0 spiro atoms. The van der Waals surface area contributed by atoms with Gasteiger partial charge in [-0.05, 0) is 52.5 Å². The maximum absolute atomic E-state index is 11.9. The molecule has 0 aliphatic carbocycles. The summed E-state index contributed by atoms with van der Waals surface area (Å²) in [5.41, 5.74) is 0. The highest BCUT2D eigenvalue weighted by Crippen LogP contribution is 2.21. The summed E-state index contributed by atoms with van der Waals surface area (Å²) in [4.78, 5) is 0. The van der Waals surface area contributed by atoms with Crippen LogP contribution >= 0.6 is 0 Å². The van der Waals surface area contributed by atoms with E-state index in [9.17, 15) is 8.42 Å². The van der Waals surface area contributed by atoms with Crippen molar-refractivity contribution in [1.29, 1.82) is 0 Å². The minimum absolute atomic E-state index is 0.306. The molecule has 0 amide bonds. The molecule has 4 heteroatoms. The Bertz CT molecular complexity index is 316. The highest BCUT2D eigenvalue weighted by molar-refractivity contribution is 7.92. The average Bonchev–Trinajstić information content (AvgIpc) is 2.13. The molecule has 1 aliphatic heterocycles. The second-order valence-electron chi connectivity index (χ2n) is 6.00. The van der Waals surface area contributed by atoms with Gasteiger partial charge in [0.25, 0.3) is 0 Å². The average molecular weight is 247 g/mol. The number of sulfone groups is 1. The Hall–Kier alpha value is -0.0900. The van der Waals surface area contributed by atoms with Crippen molar-refractivity contribution >= 4 is 9.84 Å². The fourth-order valence-corrected chi connectivity index (χ4v) is 3.25. The molecule has 1 N–H and O–H groups in total. The second-order valence-corrected chi connectivity index (χ2v) is 8.86. The Labute approximate surface area is 99.9 Å². The van der Waals surface area contributed by atoms with Crippen molar-refractivity contribution in [2.24, 2.45) is 5.92 Å². The lowest BCUT2D eigenvalue weighted by molar-refractivity contribution is 0.314. The summed E-state index contributed by atoms with van der Waals surface area (Å²) in [6, 6.07) is 0.390. The van der Waals surface area contributed by atoms with Crippen LogP contribution in [0.15, 0.2) is 0 Å². The first kappa shape index (κ1) is 14.0. The molecule has 1 aliphatic rings. The highest BCUT2D eigenvalue weighted by Gasteiger charge is 2.30. The Morgan fingerprint density at radius 3 is 2.44 bits per heavy atom. The summed E-state index contributed by atoms with van der Waals surface area (Å²) in [5.74, 6) is 1.03. The molecule has 1 heterocycles. The van der Waals surface area contributed by atoms with Gasteiger partial charge in [-0.1, -0.05) is 6.92 Å². The van der Waals surface area contributed by atoms with Crippen molar-refractivity contribution < 1.29 is 8.42 Å². The Morgan fingerprint density at radius 2 is 1.94 bits per heavy atom. The van der Waals surface area contributed by atoms with Gasteiger partial charge in [0.1, 0.15) is 0 Å². The highest BCUT2D eigenvalue weighted by atomic mass is 32.2. The first-order valence-electron chi connectivity index (χ1n) is 6.18. The van der Waals surface area contributed by atoms with Crippen LogP contribution in [-0.4, -0.2) is 31.5 Å². The van der Waals surface area contributed by atoms with Gasteiger partial charge < -0.3 is 5.32 Å². The molecule has 16 heavy (non-hydrogen) atoms. The lowest BCUT2D eigenvalue weighted by Crippen LogP contribution is -2.40. The van der Waals surface area contributed by atoms with E-state index in [1.165, 1.54) is 6.42 Å². The zero-order chi connectivity index (χ0) is 12.4. The first-order chi connectivity index (χ1) is 7.22. The molecule has 1 fully saturated rings. The van der Waals surface area contributed by atoms with E-state index in [0.717, 1.165) is 25.3 Å². The molecular formula is C12H25NO2S. The number of rotatable bonds is 3. The van der Waals surface area contributed by atoms with Gasteiger partial charge in [0.05, 0.1) is 10.5 Å². The van der Waals surface area contributed by atoms with Gasteiger partial charge >= 0.3 is 0 Å². The van der Waals surface area contributed by atoms with Crippen LogP contribution in [0.1, 0.15) is 47.0 Å². The maximum atomic E-state index is 11.9. The monoisotopic (exact) mass is 247 g/mol. The Kier molecular flexibility index (Phi) is 4.41. The topological polar surface area (TPSA) is 46.2 Å². The smallest absolute Gasteiger partial charge is 0.155 e. The molecular weight excluding hydrogens is 222 g/mol. The van der Waals surface area contributed by atoms with Crippen molar-refractivity contribution in [3.05, 3.63) is 0 Å². The fourth-order valence-electron chi connectivity index (χ4n) is 2.04. The Balaban J connectivity index is 2.46. The SMILES string of the molecule is CC1CCNC(CCS(=O)(=O)C(C)(C)C)C1. The molecule has 0 aromatic heterocycles. The molecule has 3 nitrogen and oxygen atoms in total. The quantitative estimate of drug-likeness (QED) is 0.829. The number of hydrogen-bond donors (Lipinski definition) is 1. The van der Waals surface area contributed by atoms with Crippen molar-refractivity contribution in [3.8, 4) is 0 Å². The third-order valence-corrected chi connectivity index (χ3v) is 6.06. The summed E-state index contributed by atoms with van der Waals surface area (Å²) in [6.45, 7) is 8.60. The van der Waals surface area contributed by atoms with Crippen LogP contribution in [0.3, 0.4) is 0 Å². The minimum atomic E-state index is -2.95. The zero-order valence-corrected chi connectivity index (χ0v) is 11.7. The molecule has 0 aromatic rings. The molecule has 0 saturated carbocycles. The molecule has 1 saturated heterocycles. The molecule has 2 atom stereocenters.